The van der Waals surface area contributed by atoms with Gasteiger partial charge in [0.05, 0.1) is 11.5 Å². The van der Waals surface area contributed by atoms with Gasteiger partial charge in [0.15, 0.2) is 0 Å². The third-order valence-corrected chi connectivity index (χ3v) is 3.66. The van der Waals surface area contributed by atoms with Crippen LogP contribution in [0.1, 0.15) is 39.5 Å². The summed E-state index contributed by atoms with van der Waals surface area (Å²) >= 11 is 0. The average molecular weight is 266 g/mol. The summed E-state index contributed by atoms with van der Waals surface area (Å²) in [6.45, 7) is 3.40. The van der Waals surface area contributed by atoms with Crippen molar-refractivity contribution in [3.8, 4) is 0 Å². The van der Waals surface area contributed by atoms with Gasteiger partial charge in [-0.3, -0.25) is 4.79 Å². The van der Waals surface area contributed by atoms with Gasteiger partial charge in [0.25, 0.3) is 0 Å². The lowest BCUT2D eigenvalue weighted by molar-refractivity contribution is -0.184. The van der Waals surface area contributed by atoms with E-state index in [0.717, 1.165) is 0 Å². The predicted octanol–water partition coefficient (Wildman–Crippen LogP) is 2.22. The monoisotopic (exact) mass is 266 g/mol. The molecular weight excluding hydrogens is 245 g/mol. The Morgan fingerprint density at radius 3 is 2.33 bits per heavy atom. The molecule has 2 atom stereocenters. The van der Waals surface area contributed by atoms with E-state index in [-0.39, 0.29) is 24.8 Å². The van der Waals surface area contributed by atoms with Gasteiger partial charge in [-0.2, -0.15) is 13.2 Å². The fraction of sp³-hybridized carbons (Fsp3) is 0.917. The minimum absolute atomic E-state index is 0.00493. The van der Waals surface area contributed by atoms with Crippen LogP contribution in [-0.4, -0.2) is 30.7 Å². The third kappa shape index (κ3) is 3.86. The van der Waals surface area contributed by atoms with Crippen LogP contribution in [0, 0.1) is 5.92 Å². The Morgan fingerprint density at radius 2 is 1.83 bits per heavy atom. The largest absolute Gasteiger partial charge is 0.391 e. The molecule has 1 amide bonds. The van der Waals surface area contributed by atoms with Crippen molar-refractivity contribution in [2.75, 3.05) is 7.05 Å². The summed E-state index contributed by atoms with van der Waals surface area (Å²) in [5.74, 6) is -1.54. The van der Waals surface area contributed by atoms with Crippen LogP contribution in [0.15, 0.2) is 0 Å². The molecule has 0 spiro atoms. The molecule has 0 aromatic rings. The van der Waals surface area contributed by atoms with E-state index in [1.165, 1.54) is 0 Å². The summed E-state index contributed by atoms with van der Waals surface area (Å²) in [7, 11) is 1.65. The number of hydrogen-bond acceptors (Lipinski definition) is 2. The first kappa shape index (κ1) is 15.3. The summed E-state index contributed by atoms with van der Waals surface area (Å²) in [6, 6.07) is -0.370. The van der Waals surface area contributed by atoms with E-state index in [4.69, 9.17) is 0 Å². The number of halogens is 3. The molecule has 1 aliphatic rings. The number of carbonyl (C=O) groups is 1. The van der Waals surface area contributed by atoms with Crippen molar-refractivity contribution < 1.29 is 18.0 Å². The standard InChI is InChI=1S/C12H21F3N2O/c1-11(2,16-3)10(18)17-9-6-4-5-8(7-9)12(13,14)15/h8-9,16H,4-7H2,1-3H3,(H,17,18). The topological polar surface area (TPSA) is 41.1 Å². The molecule has 0 aromatic carbocycles. The van der Waals surface area contributed by atoms with Crippen molar-refractivity contribution in [2.24, 2.45) is 5.92 Å². The van der Waals surface area contributed by atoms with E-state index in [0.29, 0.717) is 12.8 Å². The van der Waals surface area contributed by atoms with Gasteiger partial charge < -0.3 is 10.6 Å². The Morgan fingerprint density at radius 1 is 1.22 bits per heavy atom. The minimum atomic E-state index is -4.15. The maximum absolute atomic E-state index is 12.6. The van der Waals surface area contributed by atoms with Gasteiger partial charge in [0.2, 0.25) is 5.91 Å². The SMILES string of the molecule is CNC(C)(C)C(=O)NC1CCCC(C(F)(F)F)C1. The maximum Gasteiger partial charge on any atom is 0.391 e. The number of hydrogen-bond donors (Lipinski definition) is 2. The molecule has 106 valence electrons. The minimum Gasteiger partial charge on any atom is -0.352 e. The molecule has 0 aromatic heterocycles. The quantitative estimate of drug-likeness (QED) is 0.822. The van der Waals surface area contributed by atoms with E-state index >= 15 is 0 Å². The summed E-state index contributed by atoms with van der Waals surface area (Å²) in [5.41, 5.74) is -0.759. The summed E-state index contributed by atoms with van der Waals surface area (Å²) in [6.07, 6.45) is -2.85. The van der Waals surface area contributed by atoms with E-state index in [1.807, 2.05) is 0 Å². The lowest BCUT2D eigenvalue weighted by Gasteiger charge is -2.33. The molecule has 3 nitrogen and oxygen atoms in total. The molecular formula is C12H21F3N2O. The van der Waals surface area contributed by atoms with E-state index in [1.54, 1.807) is 20.9 Å². The number of likely N-dealkylation sites (N-methyl/N-ethyl adjacent to an activating group) is 1. The molecule has 18 heavy (non-hydrogen) atoms. The third-order valence-electron chi connectivity index (χ3n) is 3.66. The molecule has 0 aliphatic heterocycles. The number of alkyl halides is 3. The Labute approximate surface area is 106 Å². The highest BCUT2D eigenvalue weighted by molar-refractivity contribution is 5.85. The van der Waals surface area contributed by atoms with Crippen LogP contribution < -0.4 is 10.6 Å². The predicted molar refractivity (Wildman–Crippen MR) is 63.1 cm³/mol. The molecule has 2 N–H and O–H groups in total. The first-order valence-electron chi connectivity index (χ1n) is 6.23. The molecule has 0 bridgehead atoms. The molecule has 1 rings (SSSR count). The van der Waals surface area contributed by atoms with Crippen molar-refractivity contribution in [2.45, 2.75) is 57.3 Å². The fourth-order valence-corrected chi connectivity index (χ4v) is 2.10. The zero-order valence-electron chi connectivity index (χ0n) is 11.0. The smallest absolute Gasteiger partial charge is 0.352 e. The second kappa shape index (κ2) is 5.47. The average Bonchev–Trinajstić information content (AvgIpc) is 2.28. The summed E-state index contributed by atoms with van der Waals surface area (Å²) < 4.78 is 37.9. The summed E-state index contributed by atoms with van der Waals surface area (Å²) in [4.78, 5) is 11.9. The van der Waals surface area contributed by atoms with Crippen LogP contribution in [0.5, 0.6) is 0 Å². The van der Waals surface area contributed by atoms with E-state index in [9.17, 15) is 18.0 Å². The molecule has 2 unspecified atom stereocenters. The Bertz CT molecular complexity index is 302. The highest BCUT2D eigenvalue weighted by Gasteiger charge is 2.42. The Balaban J connectivity index is 2.56. The molecule has 0 heterocycles. The van der Waals surface area contributed by atoms with Crippen LogP contribution in [0.25, 0.3) is 0 Å². The first-order chi connectivity index (χ1) is 8.16. The zero-order valence-corrected chi connectivity index (χ0v) is 11.0. The number of nitrogens with one attached hydrogen (secondary N) is 2. The number of carbonyl (C=O) groups excluding carboxylic acids is 1. The number of rotatable bonds is 3. The number of amides is 1. The Kier molecular flexibility index (Phi) is 4.64. The van der Waals surface area contributed by atoms with Crippen molar-refractivity contribution in [1.29, 1.82) is 0 Å². The molecule has 1 fully saturated rings. The normalized spacial score (nSPS) is 25.9. The lowest BCUT2D eigenvalue weighted by Crippen LogP contribution is -2.54. The highest BCUT2D eigenvalue weighted by Crippen LogP contribution is 2.37. The van der Waals surface area contributed by atoms with E-state index in [2.05, 4.69) is 10.6 Å². The van der Waals surface area contributed by atoms with Crippen LogP contribution in [0.4, 0.5) is 13.2 Å². The first-order valence-corrected chi connectivity index (χ1v) is 6.23. The van der Waals surface area contributed by atoms with Crippen LogP contribution in [0.3, 0.4) is 0 Å². The fourth-order valence-electron chi connectivity index (χ4n) is 2.10. The van der Waals surface area contributed by atoms with Gasteiger partial charge in [0.1, 0.15) is 0 Å². The molecule has 1 aliphatic carbocycles. The second-order valence-electron chi connectivity index (χ2n) is 5.45. The van der Waals surface area contributed by atoms with Gasteiger partial charge in [-0.15, -0.1) is 0 Å². The highest BCUT2D eigenvalue weighted by atomic mass is 19.4. The van der Waals surface area contributed by atoms with Gasteiger partial charge in [-0.05, 0) is 40.2 Å². The molecule has 0 saturated heterocycles. The second-order valence-corrected chi connectivity index (χ2v) is 5.45. The van der Waals surface area contributed by atoms with Crippen LogP contribution in [0.2, 0.25) is 0 Å². The van der Waals surface area contributed by atoms with Crippen molar-refractivity contribution in [1.82, 2.24) is 10.6 Å². The van der Waals surface area contributed by atoms with Gasteiger partial charge in [0, 0.05) is 6.04 Å². The van der Waals surface area contributed by atoms with Crippen LogP contribution >= 0.6 is 0 Å². The van der Waals surface area contributed by atoms with Crippen molar-refractivity contribution in [3.05, 3.63) is 0 Å². The molecule has 1 saturated carbocycles. The van der Waals surface area contributed by atoms with Gasteiger partial charge in [-0.25, -0.2) is 0 Å². The Hall–Kier alpha value is -0.780. The van der Waals surface area contributed by atoms with Crippen LogP contribution in [-0.2, 0) is 4.79 Å². The van der Waals surface area contributed by atoms with Crippen molar-refractivity contribution >= 4 is 5.91 Å². The zero-order chi connectivity index (χ0) is 14.0. The van der Waals surface area contributed by atoms with Crippen molar-refractivity contribution in [3.63, 3.8) is 0 Å². The maximum atomic E-state index is 12.6. The summed E-state index contributed by atoms with van der Waals surface area (Å²) in [5, 5.41) is 5.55. The molecule has 6 heteroatoms. The van der Waals surface area contributed by atoms with Gasteiger partial charge in [-0.1, -0.05) is 6.42 Å². The lowest BCUT2D eigenvalue weighted by atomic mass is 9.85. The van der Waals surface area contributed by atoms with E-state index < -0.39 is 17.6 Å². The molecule has 0 radical (unpaired) electrons. The van der Waals surface area contributed by atoms with Gasteiger partial charge >= 0.3 is 6.18 Å².